The van der Waals surface area contributed by atoms with Crippen LogP contribution in [0.2, 0.25) is 0 Å². The number of ether oxygens (including phenoxy) is 1. The summed E-state index contributed by atoms with van der Waals surface area (Å²) in [5.74, 6) is -0.0724. The molecule has 1 N–H and O–H groups in total. The fourth-order valence-electron chi connectivity index (χ4n) is 6.03. The van der Waals surface area contributed by atoms with Gasteiger partial charge < -0.3 is 19.5 Å². The fraction of sp³-hybridized carbons (Fsp3) is 0.406. The molecule has 9 heteroatoms. The predicted octanol–water partition coefficient (Wildman–Crippen LogP) is 5.91. The highest BCUT2D eigenvalue weighted by Gasteiger charge is 2.36. The molecule has 1 aromatic carbocycles. The standard InChI is InChI=1S/C32H36N6O3/c1-19-14-34-29-24(19)13-23(15-35-29)22-11-21-8-10-37(30(39)26-16-33-18-36-20(26)2)17-27(21)25(12-22)28-7-6-9-38(28)31(40)41-32(3,4)5/h11-16,18,28H,6-10,17H2,1-5H3,(H,34,35). The van der Waals surface area contributed by atoms with Crippen LogP contribution in [0.4, 0.5) is 4.79 Å². The van der Waals surface area contributed by atoms with Crippen molar-refractivity contribution in [3.05, 3.63) is 76.6 Å². The molecule has 1 unspecified atom stereocenters. The molecule has 0 radical (unpaired) electrons. The second kappa shape index (κ2) is 10.3. The summed E-state index contributed by atoms with van der Waals surface area (Å²) in [7, 11) is 0. The van der Waals surface area contributed by atoms with Gasteiger partial charge in [0.25, 0.3) is 5.91 Å². The first-order chi connectivity index (χ1) is 19.6. The average Bonchev–Trinajstić information content (AvgIpc) is 3.58. The lowest BCUT2D eigenvalue weighted by molar-refractivity contribution is 0.0222. The van der Waals surface area contributed by atoms with Crippen LogP contribution in [-0.4, -0.2) is 60.4 Å². The third-order valence-corrected chi connectivity index (χ3v) is 8.12. The number of pyridine rings is 1. The van der Waals surface area contributed by atoms with Gasteiger partial charge in [-0.25, -0.2) is 19.7 Å². The Hall–Kier alpha value is -4.27. The zero-order chi connectivity index (χ0) is 28.9. The summed E-state index contributed by atoms with van der Waals surface area (Å²) >= 11 is 0. The maximum Gasteiger partial charge on any atom is 0.410 e. The van der Waals surface area contributed by atoms with Gasteiger partial charge in [-0.2, -0.15) is 0 Å². The van der Waals surface area contributed by atoms with E-state index in [-0.39, 0.29) is 18.0 Å². The molecule has 0 bridgehead atoms. The van der Waals surface area contributed by atoms with Crippen molar-refractivity contribution in [3.63, 3.8) is 0 Å². The second-order valence-electron chi connectivity index (χ2n) is 12.1. The number of hydrogen-bond acceptors (Lipinski definition) is 6. The Bertz CT molecular complexity index is 1650. The third kappa shape index (κ3) is 5.16. The lowest BCUT2D eigenvalue weighted by atomic mass is 9.86. The van der Waals surface area contributed by atoms with Gasteiger partial charge in [-0.1, -0.05) is 6.07 Å². The highest BCUT2D eigenvalue weighted by Crippen LogP contribution is 2.40. The first-order valence-corrected chi connectivity index (χ1v) is 14.2. The molecule has 0 saturated carbocycles. The number of nitrogens with zero attached hydrogens (tertiary/aromatic N) is 5. The highest BCUT2D eigenvalue weighted by atomic mass is 16.6. The Morgan fingerprint density at radius 3 is 2.66 bits per heavy atom. The minimum Gasteiger partial charge on any atom is -0.444 e. The largest absolute Gasteiger partial charge is 0.444 e. The Balaban J connectivity index is 1.43. The van der Waals surface area contributed by atoms with Crippen LogP contribution in [0.15, 0.2) is 43.1 Å². The molecule has 2 aliphatic heterocycles. The van der Waals surface area contributed by atoms with Crippen molar-refractivity contribution in [1.82, 2.24) is 29.7 Å². The number of benzene rings is 1. The molecule has 1 atom stereocenters. The number of fused-ring (bicyclic) bond motifs is 2. The van der Waals surface area contributed by atoms with Gasteiger partial charge in [0.1, 0.15) is 17.6 Å². The number of H-pyrrole nitrogens is 1. The van der Waals surface area contributed by atoms with Crippen LogP contribution in [0.1, 0.15) is 78.0 Å². The Morgan fingerprint density at radius 2 is 1.88 bits per heavy atom. The molecule has 6 rings (SSSR count). The lowest BCUT2D eigenvalue weighted by Gasteiger charge is -2.35. The monoisotopic (exact) mass is 552 g/mol. The number of rotatable bonds is 3. The summed E-state index contributed by atoms with van der Waals surface area (Å²) in [6.45, 7) is 11.3. The molecule has 2 amide bonds. The molecular weight excluding hydrogens is 516 g/mol. The maximum atomic E-state index is 13.6. The molecule has 1 saturated heterocycles. The minimum absolute atomic E-state index is 0.0724. The third-order valence-electron chi connectivity index (χ3n) is 8.12. The van der Waals surface area contributed by atoms with Crippen LogP contribution < -0.4 is 0 Å². The molecule has 212 valence electrons. The molecule has 0 aliphatic carbocycles. The van der Waals surface area contributed by atoms with Crippen LogP contribution >= 0.6 is 0 Å². The van der Waals surface area contributed by atoms with E-state index in [9.17, 15) is 9.59 Å². The van der Waals surface area contributed by atoms with Gasteiger partial charge in [0.05, 0.1) is 17.3 Å². The van der Waals surface area contributed by atoms with Crippen LogP contribution in [0.25, 0.3) is 22.2 Å². The predicted molar refractivity (Wildman–Crippen MR) is 156 cm³/mol. The Morgan fingerprint density at radius 1 is 1.05 bits per heavy atom. The normalized spacial score (nSPS) is 17.1. The van der Waals surface area contributed by atoms with E-state index in [1.807, 2.05) is 49.9 Å². The fourth-order valence-corrected chi connectivity index (χ4v) is 6.03. The van der Waals surface area contributed by atoms with E-state index in [0.29, 0.717) is 37.3 Å². The van der Waals surface area contributed by atoms with Crippen LogP contribution in [0.3, 0.4) is 0 Å². The molecule has 9 nitrogen and oxygen atoms in total. The van der Waals surface area contributed by atoms with Crippen molar-refractivity contribution in [2.45, 2.75) is 72.1 Å². The van der Waals surface area contributed by atoms with Gasteiger partial charge in [-0.3, -0.25) is 4.79 Å². The van der Waals surface area contributed by atoms with Gasteiger partial charge in [-0.15, -0.1) is 0 Å². The second-order valence-corrected chi connectivity index (χ2v) is 12.1. The van der Waals surface area contributed by atoms with Gasteiger partial charge in [0.2, 0.25) is 0 Å². The number of likely N-dealkylation sites (tertiary alicyclic amines) is 1. The molecule has 1 fully saturated rings. The zero-order valence-corrected chi connectivity index (χ0v) is 24.3. The smallest absolute Gasteiger partial charge is 0.410 e. The van der Waals surface area contributed by atoms with Crippen molar-refractivity contribution in [2.75, 3.05) is 13.1 Å². The van der Waals surface area contributed by atoms with E-state index in [0.717, 1.165) is 51.7 Å². The number of aromatic amines is 1. The number of carbonyl (C=O) groups excluding carboxylic acids is 2. The molecule has 3 aromatic heterocycles. The number of carbonyl (C=O) groups is 2. The molecule has 0 spiro atoms. The van der Waals surface area contributed by atoms with Gasteiger partial charge in [-0.05, 0) is 93.8 Å². The summed E-state index contributed by atoms with van der Waals surface area (Å²) in [6.07, 6.45) is 9.08. The van der Waals surface area contributed by atoms with Gasteiger partial charge >= 0.3 is 6.09 Å². The summed E-state index contributed by atoms with van der Waals surface area (Å²) in [4.78, 5) is 46.8. The number of amides is 2. The number of hydrogen-bond donors (Lipinski definition) is 1. The van der Waals surface area contributed by atoms with Crippen LogP contribution in [0, 0.1) is 13.8 Å². The number of aryl methyl sites for hydroxylation is 2. The van der Waals surface area contributed by atoms with Crippen molar-refractivity contribution >= 4 is 23.0 Å². The summed E-state index contributed by atoms with van der Waals surface area (Å²) in [5.41, 5.74) is 8.09. The van der Waals surface area contributed by atoms with E-state index in [4.69, 9.17) is 4.74 Å². The molecule has 4 aromatic rings. The number of nitrogens with one attached hydrogen (secondary N) is 1. The first-order valence-electron chi connectivity index (χ1n) is 14.2. The summed E-state index contributed by atoms with van der Waals surface area (Å²) in [5, 5.41) is 1.09. The topological polar surface area (TPSA) is 104 Å². The van der Waals surface area contributed by atoms with E-state index in [1.165, 1.54) is 11.9 Å². The van der Waals surface area contributed by atoms with Gasteiger partial charge in [0, 0.05) is 49.2 Å². The quantitative estimate of drug-likeness (QED) is 0.339. The van der Waals surface area contributed by atoms with Crippen molar-refractivity contribution in [3.8, 4) is 11.1 Å². The SMILES string of the molecule is Cc1ncncc1C(=O)N1CCc2cc(-c3cnc4[nH]cc(C)c4c3)cc(C3CCCN3C(=O)OC(C)(C)C)c2C1. The summed E-state index contributed by atoms with van der Waals surface area (Å²) in [6, 6.07) is 6.47. The molecule has 2 aliphatic rings. The average molecular weight is 553 g/mol. The van der Waals surface area contributed by atoms with Crippen molar-refractivity contribution in [2.24, 2.45) is 0 Å². The van der Waals surface area contributed by atoms with E-state index in [1.54, 1.807) is 6.20 Å². The maximum absolute atomic E-state index is 13.6. The highest BCUT2D eigenvalue weighted by molar-refractivity contribution is 5.95. The van der Waals surface area contributed by atoms with E-state index < -0.39 is 5.60 Å². The Kier molecular flexibility index (Phi) is 6.76. The van der Waals surface area contributed by atoms with E-state index in [2.05, 4.69) is 45.1 Å². The lowest BCUT2D eigenvalue weighted by Crippen LogP contribution is -2.39. The Labute approximate surface area is 240 Å². The van der Waals surface area contributed by atoms with E-state index >= 15 is 0 Å². The number of aromatic nitrogens is 4. The van der Waals surface area contributed by atoms with Gasteiger partial charge in [0.15, 0.2) is 0 Å². The zero-order valence-electron chi connectivity index (χ0n) is 24.3. The van der Waals surface area contributed by atoms with Crippen molar-refractivity contribution < 1.29 is 14.3 Å². The minimum atomic E-state index is -0.584. The van der Waals surface area contributed by atoms with Crippen molar-refractivity contribution in [1.29, 1.82) is 0 Å². The van der Waals surface area contributed by atoms with Crippen LogP contribution in [-0.2, 0) is 17.7 Å². The van der Waals surface area contributed by atoms with Crippen LogP contribution in [0.5, 0.6) is 0 Å². The summed E-state index contributed by atoms with van der Waals surface area (Å²) < 4.78 is 5.81. The first kappa shape index (κ1) is 26.9. The molecular formula is C32H36N6O3. The molecule has 41 heavy (non-hydrogen) atoms. The molecule has 5 heterocycles.